The molecule has 1 heterocycles. The number of aliphatic imine (C=N–C) groups is 1. The highest BCUT2D eigenvalue weighted by Gasteiger charge is 2.20. The van der Waals surface area contributed by atoms with Crippen LogP contribution in [0.25, 0.3) is 0 Å². The van der Waals surface area contributed by atoms with E-state index in [4.69, 9.17) is 0 Å². The van der Waals surface area contributed by atoms with Gasteiger partial charge >= 0.3 is 0 Å². The first-order chi connectivity index (χ1) is 12.1. The number of hydrogen-bond donors (Lipinski definition) is 2. The molecule has 148 valence electrons. The van der Waals surface area contributed by atoms with Crippen molar-refractivity contribution in [3.8, 4) is 0 Å². The Balaban J connectivity index is 0.00000338. The van der Waals surface area contributed by atoms with Crippen LogP contribution in [-0.2, 0) is 6.54 Å². The predicted molar refractivity (Wildman–Crippen MR) is 126 cm³/mol. The number of nitrogens with zero attached hydrogens (tertiary/aromatic N) is 3. The summed E-state index contributed by atoms with van der Waals surface area (Å²) in [6.07, 6.45) is 2.32. The van der Waals surface area contributed by atoms with E-state index in [1.54, 1.807) is 0 Å². The van der Waals surface area contributed by atoms with Crippen LogP contribution in [0.3, 0.4) is 0 Å². The average molecular weight is 538 g/mol. The molecule has 2 N–H and O–H groups in total. The Kier molecular flexibility index (Phi) is 11.7. The van der Waals surface area contributed by atoms with Gasteiger partial charge in [-0.05, 0) is 44.1 Å². The van der Waals surface area contributed by atoms with Crippen molar-refractivity contribution in [2.24, 2.45) is 4.99 Å². The molecule has 0 spiro atoms. The molecule has 0 bridgehead atoms. The van der Waals surface area contributed by atoms with Crippen LogP contribution < -0.4 is 10.6 Å². The molecule has 1 aromatic carbocycles. The van der Waals surface area contributed by atoms with E-state index in [1.165, 1.54) is 5.56 Å². The molecule has 0 radical (unpaired) electrons. The molecule has 1 aromatic rings. The minimum Gasteiger partial charge on any atom is -0.355 e. The maximum Gasteiger partial charge on any atom is 0.191 e. The SMILES string of the molecule is CCN(C)CCNC(=NC)NC1CCN(Cc2ccc(Br)cc2)CC1.I. The first-order valence-corrected chi connectivity index (χ1v) is 10.0. The highest BCUT2D eigenvalue weighted by molar-refractivity contribution is 14.0. The van der Waals surface area contributed by atoms with Crippen molar-refractivity contribution in [1.82, 2.24) is 20.4 Å². The normalized spacial score (nSPS) is 16.4. The van der Waals surface area contributed by atoms with Crippen LogP contribution in [0.1, 0.15) is 25.3 Å². The number of hydrogen-bond acceptors (Lipinski definition) is 3. The molecule has 1 fully saturated rings. The lowest BCUT2D eigenvalue weighted by Crippen LogP contribution is -2.49. The molecule has 5 nitrogen and oxygen atoms in total. The van der Waals surface area contributed by atoms with Crippen molar-refractivity contribution in [2.75, 3.05) is 46.8 Å². The smallest absolute Gasteiger partial charge is 0.191 e. The first kappa shape index (κ1) is 23.7. The van der Waals surface area contributed by atoms with E-state index in [2.05, 4.69) is 79.6 Å². The van der Waals surface area contributed by atoms with Gasteiger partial charge in [-0.3, -0.25) is 9.89 Å². The Morgan fingerprint density at radius 2 is 1.92 bits per heavy atom. The summed E-state index contributed by atoms with van der Waals surface area (Å²) in [5, 5.41) is 6.99. The summed E-state index contributed by atoms with van der Waals surface area (Å²) in [6.45, 7) is 8.50. The number of likely N-dealkylation sites (N-methyl/N-ethyl adjacent to an activating group) is 1. The topological polar surface area (TPSA) is 42.9 Å². The van der Waals surface area contributed by atoms with Gasteiger partial charge in [-0.2, -0.15) is 0 Å². The van der Waals surface area contributed by atoms with Crippen LogP contribution in [0.15, 0.2) is 33.7 Å². The van der Waals surface area contributed by atoms with Crippen molar-refractivity contribution in [1.29, 1.82) is 0 Å². The summed E-state index contributed by atoms with van der Waals surface area (Å²) in [4.78, 5) is 9.19. The molecule has 1 saturated heterocycles. The van der Waals surface area contributed by atoms with E-state index >= 15 is 0 Å². The van der Waals surface area contributed by atoms with Gasteiger partial charge in [0.15, 0.2) is 5.96 Å². The third kappa shape index (κ3) is 8.54. The molecule has 0 saturated carbocycles. The maximum absolute atomic E-state index is 4.36. The van der Waals surface area contributed by atoms with E-state index < -0.39 is 0 Å². The lowest BCUT2D eigenvalue weighted by atomic mass is 10.0. The number of rotatable bonds is 7. The summed E-state index contributed by atoms with van der Waals surface area (Å²) in [7, 11) is 3.99. The highest BCUT2D eigenvalue weighted by atomic mass is 127. The van der Waals surface area contributed by atoms with Gasteiger partial charge in [0.25, 0.3) is 0 Å². The van der Waals surface area contributed by atoms with Crippen molar-refractivity contribution in [3.05, 3.63) is 34.3 Å². The van der Waals surface area contributed by atoms with Crippen LogP contribution in [0.5, 0.6) is 0 Å². The molecule has 7 heteroatoms. The van der Waals surface area contributed by atoms with Gasteiger partial charge in [0.05, 0.1) is 0 Å². The number of likely N-dealkylation sites (tertiary alicyclic amines) is 1. The van der Waals surface area contributed by atoms with Crippen molar-refractivity contribution < 1.29 is 0 Å². The lowest BCUT2D eigenvalue weighted by Gasteiger charge is -2.33. The van der Waals surface area contributed by atoms with Gasteiger partial charge in [-0.25, -0.2) is 0 Å². The minimum absolute atomic E-state index is 0. The van der Waals surface area contributed by atoms with Crippen molar-refractivity contribution in [3.63, 3.8) is 0 Å². The summed E-state index contributed by atoms with van der Waals surface area (Å²) in [5.74, 6) is 0.927. The molecule has 0 unspecified atom stereocenters. The molecule has 0 amide bonds. The van der Waals surface area contributed by atoms with Gasteiger partial charge in [0.2, 0.25) is 0 Å². The summed E-state index contributed by atoms with van der Waals surface area (Å²) < 4.78 is 1.14. The fraction of sp³-hybridized carbons (Fsp3) is 0.632. The van der Waals surface area contributed by atoms with Crippen LogP contribution in [0, 0.1) is 0 Å². The Morgan fingerprint density at radius 1 is 1.27 bits per heavy atom. The fourth-order valence-corrected chi connectivity index (χ4v) is 3.26. The van der Waals surface area contributed by atoms with Gasteiger partial charge in [0.1, 0.15) is 0 Å². The first-order valence-electron chi connectivity index (χ1n) is 9.23. The van der Waals surface area contributed by atoms with Gasteiger partial charge in [-0.1, -0.05) is 35.0 Å². The molecule has 2 rings (SSSR count). The highest BCUT2D eigenvalue weighted by Crippen LogP contribution is 2.16. The number of piperidine rings is 1. The Morgan fingerprint density at radius 3 is 2.50 bits per heavy atom. The monoisotopic (exact) mass is 537 g/mol. The molecule has 26 heavy (non-hydrogen) atoms. The molecule has 0 atom stereocenters. The molecular weight excluding hydrogens is 505 g/mol. The molecule has 1 aliphatic heterocycles. The standard InChI is InChI=1S/C19H32BrN5.HI/c1-4-24(3)14-11-22-19(21-2)23-18-9-12-25(13-10-18)15-16-5-7-17(20)8-6-16;/h5-8,18H,4,9-15H2,1-3H3,(H2,21,22,23);1H. The Hall–Kier alpha value is -0.380. The second-order valence-corrected chi connectivity index (χ2v) is 7.63. The van der Waals surface area contributed by atoms with Crippen LogP contribution in [-0.4, -0.2) is 68.6 Å². The molecule has 0 aromatic heterocycles. The van der Waals surface area contributed by atoms with Crippen molar-refractivity contribution >= 4 is 45.9 Å². The largest absolute Gasteiger partial charge is 0.355 e. The van der Waals surface area contributed by atoms with Crippen LogP contribution >= 0.6 is 39.9 Å². The minimum atomic E-state index is 0. The quantitative estimate of drug-likeness (QED) is 0.318. The second kappa shape index (κ2) is 12.9. The van der Waals surface area contributed by atoms with E-state index in [-0.39, 0.29) is 24.0 Å². The Bertz CT molecular complexity index is 529. The van der Waals surface area contributed by atoms with E-state index in [0.29, 0.717) is 6.04 Å². The Labute approximate surface area is 184 Å². The zero-order valence-corrected chi connectivity index (χ0v) is 20.1. The zero-order chi connectivity index (χ0) is 18.1. The van der Waals surface area contributed by atoms with Crippen LogP contribution in [0.4, 0.5) is 0 Å². The number of guanidine groups is 1. The number of halogens is 2. The molecule has 1 aliphatic rings. The number of benzene rings is 1. The number of nitrogens with one attached hydrogen (secondary N) is 2. The fourth-order valence-electron chi connectivity index (χ4n) is 2.99. The van der Waals surface area contributed by atoms with Gasteiger partial charge in [-0.15, -0.1) is 24.0 Å². The summed E-state index contributed by atoms with van der Waals surface area (Å²) >= 11 is 3.50. The van der Waals surface area contributed by atoms with Crippen LogP contribution in [0.2, 0.25) is 0 Å². The zero-order valence-electron chi connectivity index (χ0n) is 16.2. The third-order valence-electron chi connectivity index (χ3n) is 4.80. The summed E-state index contributed by atoms with van der Waals surface area (Å²) in [5.41, 5.74) is 1.38. The second-order valence-electron chi connectivity index (χ2n) is 6.72. The predicted octanol–water partition coefficient (Wildman–Crippen LogP) is 3.15. The van der Waals surface area contributed by atoms with Gasteiger partial charge in [0, 0.05) is 50.3 Å². The third-order valence-corrected chi connectivity index (χ3v) is 5.33. The van der Waals surface area contributed by atoms with E-state index in [1.807, 2.05) is 7.05 Å². The molecule has 0 aliphatic carbocycles. The average Bonchev–Trinajstić information content (AvgIpc) is 2.64. The maximum atomic E-state index is 4.36. The lowest BCUT2D eigenvalue weighted by molar-refractivity contribution is 0.198. The van der Waals surface area contributed by atoms with E-state index in [0.717, 1.165) is 62.5 Å². The van der Waals surface area contributed by atoms with Gasteiger partial charge < -0.3 is 15.5 Å². The molecular formula is C19H33BrIN5. The summed E-state index contributed by atoms with van der Waals surface area (Å²) in [6, 6.07) is 9.15. The van der Waals surface area contributed by atoms with E-state index in [9.17, 15) is 0 Å². The van der Waals surface area contributed by atoms with Crippen molar-refractivity contribution in [2.45, 2.75) is 32.4 Å².